The van der Waals surface area contributed by atoms with Gasteiger partial charge in [-0.25, -0.2) is 0 Å². The quantitative estimate of drug-likeness (QED) is 0.753. The van der Waals surface area contributed by atoms with Crippen molar-refractivity contribution in [3.8, 4) is 0 Å². The molecular weight excluding hydrogens is 338 g/mol. The minimum atomic E-state index is 0.257. The highest BCUT2D eigenvalue weighted by Crippen LogP contribution is 2.28. The Morgan fingerprint density at radius 1 is 1.40 bits per heavy atom. The third-order valence-corrected chi connectivity index (χ3v) is 5.02. The number of carbonyl (C=O) groups excluding carboxylic acids is 1. The first-order chi connectivity index (χ1) is 9.47. The first-order valence-corrected chi connectivity index (χ1v) is 8.36. The van der Waals surface area contributed by atoms with Gasteiger partial charge in [0.15, 0.2) is 0 Å². The van der Waals surface area contributed by atoms with Crippen molar-refractivity contribution in [3.05, 3.63) is 33.3 Å². The van der Waals surface area contributed by atoms with Gasteiger partial charge in [-0.3, -0.25) is 4.79 Å². The monoisotopic (exact) mass is 357 g/mol. The Hall–Kier alpha value is -0.540. The lowest BCUT2D eigenvalue weighted by Crippen LogP contribution is -2.30. The zero-order valence-electron chi connectivity index (χ0n) is 12.0. The van der Waals surface area contributed by atoms with Crippen LogP contribution in [0.15, 0.2) is 22.7 Å². The summed E-state index contributed by atoms with van der Waals surface area (Å²) in [6.45, 7) is 5.95. The van der Waals surface area contributed by atoms with E-state index in [2.05, 4.69) is 29.8 Å². The maximum Gasteiger partial charge on any atom is 0.222 e. The summed E-state index contributed by atoms with van der Waals surface area (Å²) in [5.74, 6) is 1.57. The van der Waals surface area contributed by atoms with E-state index in [0.717, 1.165) is 34.4 Å². The Labute approximate surface area is 134 Å². The second-order valence-corrected chi connectivity index (χ2v) is 7.21. The molecule has 1 aliphatic rings. The van der Waals surface area contributed by atoms with E-state index >= 15 is 0 Å². The molecule has 0 aliphatic carbocycles. The molecule has 1 heterocycles. The summed E-state index contributed by atoms with van der Waals surface area (Å²) in [6.07, 6.45) is 2.77. The fourth-order valence-corrected chi connectivity index (χ4v) is 3.48. The number of nitrogens with zero attached hydrogens (tertiary/aromatic N) is 1. The number of hydrogen-bond donors (Lipinski definition) is 0. The molecule has 1 aromatic rings. The van der Waals surface area contributed by atoms with Crippen LogP contribution in [0, 0.1) is 11.8 Å². The third kappa shape index (κ3) is 3.98. The first-order valence-electron chi connectivity index (χ1n) is 7.19. The van der Waals surface area contributed by atoms with E-state index in [0.29, 0.717) is 24.8 Å². The lowest BCUT2D eigenvalue weighted by atomic mass is 9.89. The van der Waals surface area contributed by atoms with E-state index in [1.54, 1.807) is 0 Å². The zero-order chi connectivity index (χ0) is 14.7. The molecule has 1 unspecified atom stereocenters. The summed E-state index contributed by atoms with van der Waals surface area (Å²) < 4.78 is 0.966. The van der Waals surface area contributed by atoms with Gasteiger partial charge < -0.3 is 4.90 Å². The van der Waals surface area contributed by atoms with Crippen molar-refractivity contribution in [2.24, 2.45) is 11.8 Å². The van der Waals surface area contributed by atoms with Gasteiger partial charge in [0.2, 0.25) is 5.91 Å². The summed E-state index contributed by atoms with van der Waals surface area (Å²) in [6, 6.07) is 5.85. The standard InChI is InChI=1S/C16H21BrClNO/c1-11(2)12-4-6-16(20)19(8-7-12)10-13-3-5-14(17)9-15(13)18/h3,5,9,11-12H,4,6-8,10H2,1-2H3. The van der Waals surface area contributed by atoms with Crippen LogP contribution in [-0.4, -0.2) is 17.4 Å². The molecule has 1 fully saturated rings. The van der Waals surface area contributed by atoms with Crippen LogP contribution in [0.25, 0.3) is 0 Å². The fourth-order valence-electron chi connectivity index (χ4n) is 2.75. The van der Waals surface area contributed by atoms with E-state index in [1.807, 2.05) is 23.1 Å². The molecule has 0 N–H and O–H groups in total. The highest BCUT2D eigenvalue weighted by atomic mass is 79.9. The van der Waals surface area contributed by atoms with Crippen LogP contribution in [0.3, 0.4) is 0 Å². The summed E-state index contributed by atoms with van der Waals surface area (Å²) >= 11 is 9.65. The summed E-state index contributed by atoms with van der Waals surface area (Å²) in [7, 11) is 0. The molecule has 2 rings (SSSR count). The van der Waals surface area contributed by atoms with Crippen LogP contribution in [0.4, 0.5) is 0 Å². The van der Waals surface area contributed by atoms with Gasteiger partial charge in [0.05, 0.1) is 0 Å². The molecule has 2 nitrogen and oxygen atoms in total. The maximum atomic E-state index is 12.2. The number of hydrogen-bond acceptors (Lipinski definition) is 1. The average Bonchev–Trinajstić information content (AvgIpc) is 2.56. The third-order valence-electron chi connectivity index (χ3n) is 4.17. The number of amides is 1. The molecule has 4 heteroatoms. The zero-order valence-corrected chi connectivity index (χ0v) is 14.4. The van der Waals surface area contributed by atoms with E-state index < -0.39 is 0 Å². The second kappa shape index (κ2) is 6.95. The van der Waals surface area contributed by atoms with Gasteiger partial charge >= 0.3 is 0 Å². The summed E-state index contributed by atoms with van der Waals surface area (Å²) in [5.41, 5.74) is 1.02. The van der Waals surface area contributed by atoms with Crippen LogP contribution in [0.1, 0.15) is 38.7 Å². The van der Waals surface area contributed by atoms with Gasteiger partial charge in [0.25, 0.3) is 0 Å². The molecule has 110 valence electrons. The molecule has 1 aliphatic heterocycles. The predicted molar refractivity (Wildman–Crippen MR) is 86.7 cm³/mol. The molecule has 0 bridgehead atoms. The maximum absolute atomic E-state index is 12.2. The lowest BCUT2D eigenvalue weighted by Gasteiger charge is -2.22. The smallest absolute Gasteiger partial charge is 0.222 e. The van der Waals surface area contributed by atoms with Gasteiger partial charge in [0, 0.05) is 29.0 Å². The highest BCUT2D eigenvalue weighted by Gasteiger charge is 2.24. The topological polar surface area (TPSA) is 20.3 Å². The Bertz CT molecular complexity index is 489. The molecule has 0 radical (unpaired) electrons. The fraction of sp³-hybridized carbons (Fsp3) is 0.562. The van der Waals surface area contributed by atoms with Crippen LogP contribution < -0.4 is 0 Å². The number of halogens is 2. The van der Waals surface area contributed by atoms with Crippen LogP contribution >= 0.6 is 27.5 Å². The Balaban J connectivity index is 2.06. The molecular formula is C16H21BrClNO. The molecule has 1 saturated heterocycles. The predicted octanol–water partition coefficient (Wildman–Crippen LogP) is 4.89. The van der Waals surface area contributed by atoms with Crippen molar-refractivity contribution in [2.45, 2.75) is 39.7 Å². The average molecular weight is 359 g/mol. The van der Waals surface area contributed by atoms with Crippen molar-refractivity contribution in [1.82, 2.24) is 4.90 Å². The van der Waals surface area contributed by atoms with Crippen molar-refractivity contribution in [3.63, 3.8) is 0 Å². The Morgan fingerprint density at radius 2 is 2.15 bits per heavy atom. The van der Waals surface area contributed by atoms with E-state index in [-0.39, 0.29) is 5.91 Å². The summed E-state index contributed by atoms with van der Waals surface area (Å²) in [4.78, 5) is 14.2. The van der Waals surface area contributed by atoms with Gasteiger partial charge in [-0.2, -0.15) is 0 Å². The van der Waals surface area contributed by atoms with Crippen LogP contribution in [0.2, 0.25) is 5.02 Å². The SMILES string of the molecule is CC(C)C1CCC(=O)N(Cc2ccc(Br)cc2Cl)CC1. The van der Waals surface area contributed by atoms with Gasteiger partial charge in [0.1, 0.15) is 0 Å². The number of carbonyl (C=O) groups is 1. The van der Waals surface area contributed by atoms with E-state index in [1.165, 1.54) is 0 Å². The molecule has 20 heavy (non-hydrogen) atoms. The highest BCUT2D eigenvalue weighted by molar-refractivity contribution is 9.10. The van der Waals surface area contributed by atoms with Crippen LogP contribution in [-0.2, 0) is 11.3 Å². The number of likely N-dealkylation sites (tertiary alicyclic amines) is 1. The minimum absolute atomic E-state index is 0.257. The minimum Gasteiger partial charge on any atom is -0.338 e. The Kier molecular flexibility index (Phi) is 5.50. The molecule has 1 aromatic carbocycles. The van der Waals surface area contributed by atoms with Gasteiger partial charge in [-0.1, -0.05) is 47.4 Å². The van der Waals surface area contributed by atoms with E-state index in [9.17, 15) is 4.79 Å². The van der Waals surface area contributed by atoms with Crippen LogP contribution in [0.5, 0.6) is 0 Å². The van der Waals surface area contributed by atoms with Gasteiger partial charge in [-0.05, 0) is 42.4 Å². The normalized spacial score (nSPS) is 20.4. The van der Waals surface area contributed by atoms with E-state index in [4.69, 9.17) is 11.6 Å². The lowest BCUT2D eigenvalue weighted by molar-refractivity contribution is -0.131. The molecule has 0 aromatic heterocycles. The molecule has 0 saturated carbocycles. The van der Waals surface area contributed by atoms with Gasteiger partial charge in [-0.15, -0.1) is 0 Å². The van der Waals surface area contributed by atoms with Crippen molar-refractivity contribution in [2.75, 3.05) is 6.54 Å². The van der Waals surface area contributed by atoms with Crippen molar-refractivity contribution >= 4 is 33.4 Å². The number of benzene rings is 1. The molecule has 1 amide bonds. The van der Waals surface area contributed by atoms with Crippen molar-refractivity contribution in [1.29, 1.82) is 0 Å². The summed E-state index contributed by atoms with van der Waals surface area (Å²) in [5, 5.41) is 0.719. The molecule has 1 atom stereocenters. The van der Waals surface area contributed by atoms with Crippen molar-refractivity contribution < 1.29 is 4.79 Å². The largest absolute Gasteiger partial charge is 0.338 e. The molecule has 0 spiro atoms. The number of rotatable bonds is 3. The first kappa shape index (κ1) is 15.8. The Morgan fingerprint density at radius 3 is 2.80 bits per heavy atom. The second-order valence-electron chi connectivity index (χ2n) is 5.88.